The molecule has 354 valence electrons. The highest BCUT2D eigenvalue weighted by atomic mass is 35.5. The third-order valence-corrected chi connectivity index (χ3v) is 14.7. The minimum absolute atomic E-state index is 0.0236. The lowest BCUT2D eigenvalue weighted by atomic mass is 10.1. The van der Waals surface area contributed by atoms with Gasteiger partial charge in [0.1, 0.15) is 32.2 Å². The first kappa shape index (κ1) is 48.3. The molecule has 0 bridgehead atoms. The SMILES string of the molecule is COc1cc2nccc(Oc3ccc(NS(=O)(=O)c4cc(Cl)sc4Cl)c(F)c3)c2cc1OC.COc1cc2nccc(Oc3ccc(NS(=O)(=O)c4cccc5ccccc45)c(F)c3)c2cc1OC. The molecule has 0 saturated carbocycles. The van der Waals surface area contributed by atoms with E-state index in [0.29, 0.717) is 61.7 Å². The van der Waals surface area contributed by atoms with Crippen LogP contribution in [0.5, 0.6) is 46.0 Å². The molecule has 0 saturated heterocycles. The molecule has 3 aromatic heterocycles. The van der Waals surface area contributed by atoms with Gasteiger partial charge in [-0.3, -0.25) is 19.4 Å². The molecular formula is C48H36Cl2F2N4O10S3. The molecule has 0 aliphatic rings. The number of nitrogens with one attached hydrogen (secondary N) is 2. The Morgan fingerprint density at radius 3 is 1.43 bits per heavy atom. The fourth-order valence-corrected chi connectivity index (χ4v) is 11.5. The van der Waals surface area contributed by atoms with Crippen molar-refractivity contribution >= 4 is 98.5 Å². The number of benzene rings is 6. The van der Waals surface area contributed by atoms with Crippen LogP contribution in [0.4, 0.5) is 20.2 Å². The number of sulfonamides is 2. The van der Waals surface area contributed by atoms with Gasteiger partial charge in [0.25, 0.3) is 20.0 Å². The number of anilines is 2. The molecule has 3 heterocycles. The number of aromatic nitrogens is 2. The van der Waals surface area contributed by atoms with E-state index in [0.717, 1.165) is 28.9 Å². The van der Waals surface area contributed by atoms with Gasteiger partial charge in [0, 0.05) is 52.8 Å². The maximum Gasteiger partial charge on any atom is 0.264 e. The summed E-state index contributed by atoms with van der Waals surface area (Å²) in [5, 5.41) is 2.56. The quantitative estimate of drug-likeness (QED) is 0.106. The zero-order valence-corrected chi connectivity index (χ0v) is 40.4. The molecular weight excluding hydrogens is 998 g/mol. The van der Waals surface area contributed by atoms with E-state index >= 15 is 0 Å². The van der Waals surface area contributed by atoms with Gasteiger partial charge >= 0.3 is 0 Å². The zero-order valence-electron chi connectivity index (χ0n) is 36.4. The van der Waals surface area contributed by atoms with Crippen molar-refractivity contribution in [2.24, 2.45) is 0 Å². The van der Waals surface area contributed by atoms with Crippen molar-refractivity contribution in [3.05, 3.63) is 154 Å². The number of fused-ring (bicyclic) bond motifs is 3. The Balaban J connectivity index is 0.000000187. The molecule has 0 fully saturated rings. The Kier molecular flexibility index (Phi) is 14.1. The third-order valence-electron chi connectivity index (χ3n) is 10.2. The Morgan fingerprint density at radius 2 is 0.971 bits per heavy atom. The van der Waals surface area contributed by atoms with Gasteiger partial charge in [-0.05, 0) is 66.0 Å². The average molecular weight is 1030 g/mol. The van der Waals surface area contributed by atoms with Crippen molar-refractivity contribution in [1.29, 1.82) is 0 Å². The highest BCUT2D eigenvalue weighted by Gasteiger charge is 2.24. The normalized spacial score (nSPS) is 11.4. The molecule has 14 nitrogen and oxygen atoms in total. The number of halogens is 4. The zero-order chi connectivity index (χ0) is 49.0. The summed E-state index contributed by atoms with van der Waals surface area (Å²) in [7, 11) is -2.10. The van der Waals surface area contributed by atoms with Crippen molar-refractivity contribution in [3.63, 3.8) is 0 Å². The monoisotopic (exact) mass is 1030 g/mol. The van der Waals surface area contributed by atoms with Crippen LogP contribution in [0.25, 0.3) is 32.6 Å². The van der Waals surface area contributed by atoms with E-state index in [2.05, 4.69) is 19.4 Å². The Hall–Kier alpha value is -7.16. The van der Waals surface area contributed by atoms with Crippen LogP contribution in [0, 0.1) is 11.6 Å². The number of hydrogen-bond donors (Lipinski definition) is 2. The highest BCUT2D eigenvalue weighted by molar-refractivity contribution is 7.93. The van der Waals surface area contributed by atoms with Crippen LogP contribution in [0.15, 0.2) is 144 Å². The second-order valence-corrected chi connectivity index (χ2v) is 20.0. The summed E-state index contributed by atoms with van der Waals surface area (Å²) in [6.07, 6.45) is 3.10. The summed E-state index contributed by atoms with van der Waals surface area (Å²) < 4.78 is 119. The van der Waals surface area contributed by atoms with Crippen molar-refractivity contribution in [2.45, 2.75) is 9.79 Å². The number of thiophene rings is 1. The Morgan fingerprint density at radius 1 is 0.507 bits per heavy atom. The van der Waals surface area contributed by atoms with E-state index in [1.807, 2.05) is 18.2 Å². The van der Waals surface area contributed by atoms with Crippen LogP contribution in [-0.4, -0.2) is 55.2 Å². The van der Waals surface area contributed by atoms with E-state index < -0.39 is 31.7 Å². The second-order valence-electron chi connectivity index (χ2n) is 14.4. The van der Waals surface area contributed by atoms with Crippen LogP contribution in [0.1, 0.15) is 0 Å². The number of methoxy groups -OCH3 is 4. The molecule has 0 radical (unpaired) electrons. The molecule has 9 aromatic rings. The first-order chi connectivity index (χ1) is 33.1. The van der Waals surface area contributed by atoms with Crippen molar-refractivity contribution in [3.8, 4) is 46.0 Å². The smallest absolute Gasteiger partial charge is 0.264 e. The standard InChI is InChI=1S/C27H21FN2O5S.C21H15Cl2FN2O5S2/c1-33-25-15-20-23(16-26(25)34-2)29-13-12-24(20)35-18-10-11-22(21(28)14-18)30-36(31,32)27-9-5-7-17-6-3-4-8-19(17)27;1-29-17-8-12-15(9-18(17)30-2)25-6-5-16(12)31-11-3-4-14(13(24)7-11)26-33(27,28)19-10-20(22)32-21(19)23/h3-16,30H,1-2H3;3-10,26H,1-2H3. The van der Waals surface area contributed by atoms with Crippen LogP contribution in [0.3, 0.4) is 0 Å². The Bertz CT molecular complexity index is 3640. The molecule has 69 heavy (non-hydrogen) atoms. The topological polar surface area (TPSA) is 174 Å². The van der Waals surface area contributed by atoms with Gasteiger partial charge in [0.05, 0.1) is 60.1 Å². The molecule has 0 amide bonds. The second kappa shape index (κ2) is 20.2. The lowest BCUT2D eigenvalue weighted by Gasteiger charge is -2.14. The molecule has 0 unspecified atom stereocenters. The van der Waals surface area contributed by atoms with Crippen molar-refractivity contribution < 1.29 is 54.0 Å². The molecule has 0 aliphatic carbocycles. The summed E-state index contributed by atoms with van der Waals surface area (Å²) in [6.45, 7) is 0. The van der Waals surface area contributed by atoms with E-state index in [4.69, 9.17) is 51.6 Å². The van der Waals surface area contributed by atoms with Gasteiger partial charge in [0.2, 0.25) is 0 Å². The number of hydrogen-bond acceptors (Lipinski definition) is 13. The number of nitrogens with zero attached hydrogens (tertiary/aromatic N) is 2. The molecule has 9 rings (SSSR count). The molecule has 21 heteroatoms. The van der Waals surface area contributed by atoms with Gasteiger partial charge in [-0.25, -0.2) is 25.6 Å². The predicted octanol–water partition coefficient (Wildman–Crippen LogP) is 12.5. The van der Waals surface area contributed by atoms with Crippen LogP contribution in [-0.2, 0) is 20.0 Å². The summed E-state index contributed by atoms with van der Waals surface area (Å²) in [4.78, 5) is 8.45. The number of pyridine rings is 2. The maximum absolute atomic E-state index is 15.0. The first-order valence-electron chi connectivity index (χ1n) is 20.1. The number of ether oxygens (including phenoxy) is 6. The van der Waals surface area contributed by atoms with Gasteiger partial charge < -0.3 is 28.4 Å². The van der Waals surface area contributed by atoms with E-state index in [9.17, 15) is 25.6 Å². The summed E-state index contributed by atoms with van der Waals surface area (Å²) >= 11 is 12.6. The van der Waals surface area contributed by atoms with Gasteiger partial charge in [-0.1, -0.05) is 59.6 Å². The van der Waals surface area contributed by atoms with Gasteiger partial charge in [-0.15, -0.1) is 11.3 Å². The largest absolute Gasteiger partial charge is 0.493 e. The lowest BCUT2D eigenvalue weighted by Crippen LogP contribution is -2.14. The van der Waals surface area contributed by atoms with Crippen LogP contribution >= 0.6 is 34.5 Å². The average Bonchev–Trinajstić information content (AvgIpc) is 3.70. The lowest BCUT2D eigenvalue weighted by molar-refractivity contribution is 0.355. The fourth-order valence-electron chi connectivity index (χ4n) is 6.95. The molecule has 0 spiro atoms. The highest BCUT2D eigenvalue weighted by Crippen LogP contribution is 2.40. The summed E-state index contributed by atoms with van der Waals surface area (Å²) in [5.41, 5.74) is 0.722. The van der Waals surface area contributed by atoms with Crippen LogP contribution < -0.4 is 37.9 Å². The minimum atomic E-state index is -4.13. The van der Waals surface area contributed by atoms with Gasteiger partial charge in [0.15, 0.2) is 34.6 Å². The van der Waals surface area contributed by atoms with Crippen LogP contribution in [0.2, 0.25) is 8.67 Å². The number of rotatable bonds is 14. The maximum atomic E-state index is 15.0. The van der Waals surface area contributed by atoms with E-state index in [1.54, 1.807) is 60.8 Å². The molecule has 0 atom stereocenters. The van der Waals surface area contributed by atoms with E-state index in [-0.39, 0.29) is 41.3 Å². The summed E-state index contributed by atoms with van der Waals surface area (Å²) in [5.74, 6) is 1.51. The third kappa shape index (κ3) is 10.5. The summed E-state index contributed by atoms with van der Waals surface area (Å²) in [6, 6.07) is 31.0. The Labute approximate surface area is 408 Å². The van der Waals surface area contributed by atoms with Crippen molar-refractivity contribution in [1.82, 2.24) is 9.97 Å². The molecule has 6 aromatic carbocycles. The van der Waals surface area contributed by atoms with Gasteiger partial charge in [-0.2, -0.15) is 0 Å². The fraction of sp³-hybridized carbons (Fsp3) is 0.0833. The van der Waals surface area contributed by atoms with E-state index in [1.165, 1.54) is 71.0 Å². The first-order valence-corrected chi connectivity index (χ1v) is 24.6. The molecule has 2 N–H and O–H groups in total. The minimum Gasteiger partial charge on any atom is -0.493 e. The predicted molar refractivity (Wildman–Crippen MR) is 263 cm³/mol. The van der Waals surface area contributed by atoms with Crippen molar-refractivity contribution in [2.75, 3.05) is 37.9 Å². The molecule has 0 aliphatic heterocycles.